The molecular formula is C13H21N3. The zero-order chi connectivity index (χ0) is 12.2. The molecule has 16 heavy (non-hydrogen) atoms. The third kappa shape index (κ3) is 4.08. The first kappa shape index (κ1) is 12.8. The highest BCUT2D eigenvalue weighted by Gasteiger charge is 2.11. The minimum atomic E-state index is 0.132. The highest BCUT2D eigenvalue weighted by molar-refractivity contribution is 5.15. The third-order valence-electron chi connectivity index (χ3n) is 2.34. The molecule has 3 nitrogen and oxygen atoms in total. The van der Waals surface area contributed by atoms with Crippen molar-refractivity contribution in [1.29, 1.82) is 0 Å². The molecule has 3 heteroatoms. The largest absolute Gasteiger partial charge is 0.308 e. The van der Waals surface area contributed by atoms with Crippen LogP contribution in [-0.2, 0) is 13.1 Å². The summed E-state index contributed by atoms with van der Waals surface area (Å²) in [4.78, 5) is 0. The zero-order valence-electron chi connectivity index (χ0n) is 10.7. The summed E-state index contributed by atoms with van der Waals surface area (Å²) < 4.78 is 1.93. The van der Waals surface area contributed by atoms with Crippen molar-refractivity contribution in [2.45, 2.75) is 52.7 Å². The molecule has 1 heterocycles. The van der Waals surface area contributed by atoms with Gasteiger partial charge >= 0.3 is 0 Å². The maximum Gasteiger partial charge on any atom is 0.0638 e. The van der Waals surface area contributed by atoms with Gasteiger partial charge in [-0.15, -0.1) is 12.3 Å². The Morgan fingerprint density at radius 3 is 2.75 bits per heavy atom. The van der Waals surface area contributed by atoms with Crippen LogP contribution in [0.3, 0.4) is 0 Å². The predicted octanol–water partition coefficient (Wildman–Crippen LogP) is 2.10. The van der Waals surface area contributed by atoms with Gasteiger partial charge in [0.1, 0.15) is 0 Å². The molecule has 0 spiro atoms. The van der Waals surface area contributed by atoms with Crippen molar-refractivity contribution >= 4 is 0 Å². The molecule has 0 aliphatic carbocycles. The van der Waals surface area contributed by atoms with Gasteiger partial charge in [0.15, 0.2) is 0 Å². The van der Waals surface area contributed by atoms with E-state index in [1.54, 1.807) is 0 Å². The molecule has 1 rings (SSSR count). The second-order valence-electron chi connectivity index (χ2n) is 5.06. The van der Waals surface area contributed by atoms with Crippen LogP contribution < -0.4 is 5.32 Å². The van der Waals surface area contributed by atoms with Crippen LogP contribution in [-0.4, -0.2) is 15.3 Å². The van der Waals surface area contributed by atoms with Gasteiger partial charge in [0.2, 0.25) is 0 Å². The molecule has 0 fully saturated rings. The van der Waals surface area contributed by atoms with Crippen molar-refractivity contribution in [3.63, 3.8) is 0 Å². The van der Waals surface area contributed by atoms with E-state index in [2.05, 4.69) is 43.3 Å². The summed E-state index contributed by atoms with van der Waals surface area (Å²) in [5.41, 5.74) is 2.45. The number of aryl methyl sites for hydroxylation is 2. The average Bonchev–Trinajstić information content (AvgIpc) is 2.52. The Balaban J connectivity index is 2.60. The van der Waals surface area contributed by atoms with E-state index in [9.17, 15) is 0 Å². The molecule has 0 saturated carbocycles. The van der Waals surface area contributed by atoms with Crippen LogP contribution in [0, 0.1) is 19.3 Å². The van der Waals surface area contributed by atoms with E-state index in [0.29, 0.717) is 0 Å². The zero-order valence-corrected chi connectivity index (χ0v) is 10.7. The van der Waals surface area contributed by atoms with Gasteiger partial charge in [-0.25, -0.2) is 0 Å². The van der Waals surface area contributed by atoms with E-state index in [1.165, 1.54) is 5.56 Å². The Labute approximate surface area is 98.2 Å². The van der Waals surface area contributed by atoms with Crippen LogP contribution in [0.5, 0.6) is 0 Å². The fraction of sp³-hybridized carbons (Fsp3) is 0.615. The lowest BCUT2D eigenvalue weighted by Gasteiger charge is -2.20. The molecule has 1 aromatic heterocycles. The van der Waals surface area contributed by atoms with Crippen molar-refractivity contribution in [2.75, 3.05) is 0 Å². The Bertz CT molecular complexity index is 377. The number of aromatic nitrogens is 2. The first-order valence-corrected chi connectivity index (χ1v) is 5.64. The molecule has 0 aliphatic heterocycles. The van der Waals surface area contributed by atoms with Crippen LogP contribution in [0.2, 0.25) is 0 Å². The lowest BCUT2D eigenvalue weighted by Crippen LogP contribution is -2.35. The highest BCUT2D eigenvalue weighted by atomic mass is 15.3. The van der Waals surface area contributed by atoms with E-state index < -0.39 is 0 Å². The Morgan fingerprint density at radius 1 is 1.50 bits per heavy atom. The molecule has 0 aromatic carbocycles. The van der Waals surface area contributed by atoms with Crippen molar-refractivity contribution in [2.24, 2.45) is 0 Å². The second kappa shape index (κ2) is 5.18. The quantitative estimate of drug-likeness (QED) is 0.786. The van der Waals surface area contributed by atoms with Crippen molar-refractivity contribution < 1.29 is 0 Å². The second-order valence-corrected chi connectivity index (χ2v) is 5.06. The molecule has 88 valence electrons. The third-order valence-corrected chi connectivity index (χ3v) is 2.34. The normalized spacial score (nSPS) is 11.4. The Morgan fingerprint density at radius 2 is 2.19 bits per heavy atom. The Kier molecular flexibility index (Phi) is 4.14. The van der Waals surface area contributed by atoms with Crippen LogP contribution in [0.25, 0.3) is 0 Å². The van der Waals surface area contributed by atoms with Crippen LogP contribution >= 0.6 is 0 Å². The van der Waals surface area contributed by atoms with Gasteiger partial charge in [-0.05, 0) is 27.7 Å². The molecule has 0 aliphatic rings. The lowest BCUT2D eigenvalue weighted by molar-refractivity contribution is 0.423. The summed E-state index contributed by atoms with van der Waals surface area (Å²) in [6, 6.07) is 0. The molecule has 0 amide bonds. The minimum absolute atomic E-state index is 0.132. The number of nitrogens with zero attached hydrogens (tertiary/aromatic N) is 2. The van der Waals surface area contributed by atoms with Crippen molar-refractivity contribution in [1.82, 2.24) is 15.1 Å². The van der Waals surface area contributed by atoms with Gasteiger partial charge in [0, 0.05) is 30.3 Å². The SMILES string of the molecule is C#CCCn1cc(CNC(C)(C)C)c(C)n1. The van der Waals surface area contributed by atoms with E-state index in [-0.39, 0.29) is 5.54 Å². The van der Waals surface area contributed by atoms with E-state index in [4.69, 9.17) is 6.42 Å². The van der Waals surface area contributed by atoms with Crippen molar-refractivity contribution in [3.05, 3.63) is 17.5 Å². The van der Waals surface area contributed by atoms with Crippen LogP contribution in [0.4, 0.5) is 0 Å². The minimum Gasteiger partial charge on any atom is -0.308 e. The fourth-order valence-electron chi connectivity index (χ4n) is 1.39. The van der Waals surface area contributed by atoms with E-state index >= 15 is 0 Å². The molecule has 0 radical (unpaired) electrons. The summed E-state index contributed by atoms with van der Waals surface area (Å²) in [7, 11) is 0. The topological polar surface area (TPSA) is 29.9 Å². The number of hydrogen-bond donors (Lipinski definition) is 1. The highest BCUT2D eigenvalue weighted by Crippen LogP contribution is 2.08. The van der Waals surface area contributed by atoms with Crippen LogP contribution in [0.15, 0.2) is 6.20 Å². The maximum absolute atomic E-state index is 5.23. The molecule has 0 unspecified atom stereocenters. The first-order chi connectivity index (χ1) is 7.42. The maximum atomic E-state index is 5.23. The first-order valence-electron chi connectivity index (χ1n) is 5.64. The number of nitrogens with one attached hydrogen (secondary N) is 1. The van der Waals surface area contributed by atoms with Gasteiger partial charge in [-0.3, -0.25) is 4.68 Å². The van der Waals surface area contributed by atoms with Gasteiger partial charge in [0.05, 0.1) is 12.2 Å². The van der Waals surface area contributed by atoms with Gasteiger partial charge in [-0.1, -0.05) is 0 Å². The van der Waals surface area contributed by atoms with Gasteiger partial charge in [0.25, 0.3) is 0 Å². The fourth-order valence-corrected chi connectivity index (χ4v) is 1.39. The smallest absolute Gasteiger partial charge is 0.0638 e. The monoisotopic (exact) mass is 219 g/mol. The summed E-state index contributed by atoms with van der Waals surface area (Å²) >= 11 is 0. The summed E-state index contributed by atoms with van der Waals surface area (Å²) in [5, 5.41) is 7.88. The van der Waals surface area contributed by atoms with Gasteiger partial charge in [-0.2, -0.15) is 5.10 Å². The summed E-state index contributed by atoms with van der Waals surface area (Å²) in [6.45, 7) is 10.2. The molecule has 0 saturated heterocycles. The lowest BCUT2D eigenvalue weighted by atomic mass is 10.1. The van der Waals surface area contributed by atoms with Gasteiger partial charge < -0.3 is 5.32 Å². The predicted molar refractivity (Wildman–Crippen MR) is 67.0 cm³/mol. The summed E-state index contributed by atoms with van der Waals surface area (Å²) in [5.74, 6) is 2.62. The van der Waals surface area contributed by atoms with Crippen LogP contribution in [0.1, 0.15) is 38.4 Å². The molecule has 0 atom stereocenters. The number of terminal acetylenes is 1. The molecular weight excluding hydrogens is 198 g/mol. The number of hydrogen-bond acceptors (Lipinski definition) is 2. The standard InChI is InChI=1S/C13H21N3/c1-6-7-8-16-10-12(11(2)15-16)9-14-13(3,4)5/h1,10,14H,7-9H2,2-5H3. The number of rotatable bonds is 4. The molecule has 1 aromatic rings. The van der Waals surface area contributed by atoms with E-state index in [1.807, 2.05) is 11.6 Å². The average molecular weight is 219 g/mol. The molecule has 1 N–H and O–H groups in total. The molecule has 0 bridgehead atoms. The van der Waals surface area contributed by atoms with Crippen molar-refractivity contribution in [3.8, 4) is 12.3 Å². The Hall–Kier alpha value is -1.27. The summed E-state index contributed by atoms with van der Waals surface area (Å²) in [6.07, 6.45) is 8.04. The van der Waals surface area contributed by atoms with E-state index in [0.717, 1.165) is 25.2 Å².